The second-order valence-corrected chi connectivity index (χ2v) is 5.04. The highest BCUT2D eigenvalue weighted by Crippen LogP contribution is 2.31. The van der Waals surface area contributed by atoms with Gasteiger partial charge in [-0.3, -0.25) is 4.79 Å². The Balaban J connectivity index is 2.73. The second-order valence-electron chi connectivity index (χ2n) is 4.63. The van der Waals surface area contributed by atoms with Gasteiger partial charge in [-0.2, -0.15) is 10.5 Å². The molecule has 0 atom stereocenters. The molecule has 0 aliphatic carbocycles. The maximum absolute atomic E-state index is 11.9. The van der Waals surface area contributed by atoms with Crippen molar-refractivity contribution in [3.63, 3.8) is 0 Å². The molecule has 0 spiro atoms. The molecule has 1 aromatic heterocycles. The van der Waals surface area contributed by atoms with E-state index in [9.17, 15) is 20.1 Å². The molecule has 2 aromatic rings. The molecule has 0 fully saturated rings. The number of nitrogens with two attached hydrogens (primary N) is 1. The van der Waals surface area contributed by atoms with Gasteiger partial charge in [-0.15, -0.1) is 0 Å². The van der Waals surface area contributed by atoms with Crippen LogP contribution in [0.5, 0.6) is 0 Å². The van der Waals surface area contributed by atoms with Gasteiger partial charge in [-0.1, -0.05) is 17.7 Å². The van der Waals surface area contributed by atoms with Crippen LogP contribution in [0, 0.1) is 22.7 Å². The van der Waals surface area contributed by atoms with E-state index >= 15 is 0 Å². The number of H-pyrrole nitrogens is 1. The Morgan fingerprint density at radius 2 is 2.00 bits per heavy atom. The molecular formula is C16H11ClN4O3. The van der Waals surface area contributed by atoms with Crippen LogP contribution in [0.4, 0.5) is 5.82 Å². The number of carbonyl (C=O) groups excluding carboxylic acids is 1. The Morgan fingerprint density at radius 1 is 1.33 bits per heavy atom. The van der Waals surface area contributed by atoms with Gasteiger partial charge in [-0.05, 0) is 24.6 Å². The van der Waals surface area contributed by atoms with Gasteiger partial charge in [0.2, 0.25) is 0 Å². The van der Waals surface area contributed by atoms with Crippen molar-refractivity contribution < 1.29 is 9.53 Å². The number of halogens is 1. The molecule has 0 aliphatic heterocycles. The number of carbonyl (C=O) groups is 1. The summed E-state index contributed by atoms with van der Waals surface area (Å²) in [7, 11) is 0. The minimum absolute atomic E-state index is 0.0499. The largest absolute Gasteiger partial charge is 0.462 e. The highest BCUT2D eigenvalue weighted by atomic mass is 35.5. The maximum atomic E-state index is 11.9. The summed E-state index contributed by atoms with van der Waals surface area (Å²) in [4.78, 5) is 25.9. The number of pyridine rings is 1. The fourth-order valence-electron chi connectivity index (χ4n) is 2.18. The molecule has 2 rings (SSSR count). The normalized spacial score (nSPS) is 9.83. The molecule has 0 bridgehead atoms. The number of nitrogens with zero attached hydrogens (tertiary/aromatic N) is 2. The quantitative estimate of drug-likeness (QED) is 0.821. The number of aromatic amines is 1. The van der Waals surface area contributed by atoms with Crippen LogP contribution >= 0.6 is 11.6 Å². The predicted octanol–water partition coefficient (Wildman–Crippen LogP) is 2.20. The van der Waals surface area contributed by atoms with Gasteiger partial charge in [0, 0.05) is 5.56 Å². The van der Waals surface area contributed by atoms with E-state index in [1.54, 1.807) is 13.0 Å². The number of nitrogen functional groups attached to an aromatic ring is 1. The zero-order chi connectivity index (χ0) is 17.9. The molecule has 1 heterocycles. The number of rotatable bonds is 3. The molecule has 7 nitrogen and oxygen atoms in total. The molecule has 0 saturated carbocycles. The third kappa shape index (κ3) is 2.94. The average molecular weight is 343 g/mol. The van der Waals surface area contributed by atoms with Gasteiger partial charge >= 0.3 is 5.97 Å². The molecule has 0 aliphatic rings. The molecule has 24 heavy (non-hydrogen) atoms. The van der Waals surface area contributed by atoms with Gasteiger partial charge in [0.15, 0.2) is 0 Å². The van der Waals surface area contributed by atoms with E-state index in [0.717, 1.165) is 0 Å². The van der Waals surface area contributed by atoms with Crippen LogP contribution in [0.2, 0.25) is 5.02 Å². The summed E-state index contributed by atoms with van der Waals surface area (Å²) < 4.78 is 4.88. The van der Waals surface area contributed by atoms with Gasteiger partial charge < -0.3 is 15.5 Å². The number of nitrogens with one attached hydrogen (secondary N) is 1. The molecule has 1 aromatic carbocycles. The molecule has 0 unspecified atom stereocenters. The molecule has 120 valence electrons. The number of aromatic nitrogens is 1. The molecule has 0 amide bonds. The lowest BCUT2D eigenvalue weighted by molar-refractivity contribution is 0.0526. The van der Waals surface area contributed by atoms with Crippen LogP contribution < -0.4 is 11.3 Å². The highest BCUT2D eigenvalue weighted by Gasteiger charge is 2.20. The van der Waals surface area contributed by atoms with Crippen molar-refractivity contribution in [3.05, 3.63) is 50.3 Å². The lowest BCUT2D eigenvalue weighted by atomic mass is 9.96. The van der Waals surface area contributed by atoms with Crippen molar-refractivity contribution in [1.82, 2.24) is 4.98 Å². The lowest BCUT2D eigenvalue weighted by Crippen LogP contribution is -2.16. The Bertz CT molecular complexity index is 967. The van der Waals surface area contributed by atoms with Crippen LogP contribution in [-0.2, 0) is 4.74 Å². The van der Waals surface area contributed by atoms with Crippen LogP contribution in [0.3, 0.4) is 0 Å². The average Bonchev–Trinajstić information content (AvgIpc) is 2.54. The van der Waals surface area contributed by atoms with Crippen molar-refractivity contribution in [2.45, 2.75) is 6.92 Å². The second kappa shape index (κ2) is 6.86. The number of hydrogen-bond acceptors (Lipinski definition) is 6. The lowest BCUT2D eigenvalue weighted by Gasteiger charge is -2.10. The molecule has 0 saturated heterocycles. The SMILES string of the molecule is CCOC(=O)c1ccc(-c2c(C#N)c(N)[nH]c(=O)c2C#N)cc1Cl. The first kappa shape index (κ1) is 17.1. The minimum atomic E-state index is -0.713. The van der Waals surface area contributed by atoms with E-state index in [4.69, 9.17) is 22.1 Å². The van der Waals surface area contributed by atoms with E-state index in [-0.39, 0.29) is 39.7 Å². The zero-order valence-corrected chi connectivity index (χ0v) is 13.3. The van der Waals surface area contributed by atoms with E-state index in [0.29, 0.717) is 5.56 Å². The molecule has 0 radical (unpaired) electrons. The van der Waals surface area contributed by atoms with Crippen molar-refractivity contribution in [2.75, 3.05) is 12.3 Å². The van der Waals surface area contributed by atoms with Gasteiger partial charge in [0.1, 0.15) is 29.1 Å². The summed E-state index contributed by atoms with van der Waals surface area (Å²) >= 11 is 6.10. The first-order chi connectivity index (χ1) is 11.4. The summed E-state index contributed by atoms with van der Waals surface area (Å²) in [6.07, 6.45) is 0. The fraction of sp³-hybridized carbons (Fsp3) is 0.125. The Morgan fingerprint density at radius 3 is 2.54 bits per heavy atom. The maximum Gasteiger partial charge on any atom is 0.339 e. The van der Waals surface area contributed by atoms with Crippen LogP contribution in [-0.4, -0.2) is 17.6 Å². The summed E-state index contributed by atoms with van der Waals surface area (Å²) in [5.74, 6) is -0.748. The summed E-state index contributed by atoms with van der Waals surface area (Å²) in [5, 5.41) is 18.6. The topological polar surface area (TPSA) is 133 Å². The number of nitriles is 2. The Labute approximate surface area is 141 Å². The van der Waals surface area contributed by atoms with Crippen molar-refractivity contribution >= 4 is 23.4 Å². The van der Waals surface area contributed by atoms with Crippen LogP contribution in [0.25, 0.3) is 11.1 Å². The van der Waals surface area contributed by atoms with E-state index < -0.39 is 11.5 Å². The molecule has 8 heteroatoms. The van der Waals surface area contributed by atoms with E-state index in [1.165, 1.54) is 18.2 Å². The predicted molar refractivity (Wildman–Crippen MR) is 87.3 cm³/mol. The number of ether oxygens (including phenoxy) is 1. The number of hydrogen-bond donors (Lipinski definition) is 2. The molecule has 3 N–H and O–H groups in total. The van der Waals surface area contributed by atoms with Crippen LogP contribution in [0.1, 0.15) is 28.4 Å². The third-order valence-electron chi connectivity index (χ3n) is 3.22. The van der Waals surface area contributed by atoms with Crippen molar-refractivity contribution in [1.29, 1.82) is 10.5 Å². The van der Waals surface area contributed by atoms with Crippen molar-refractivity contribution in [3.8, 4) is 23.3 Å². The summed E-state index contributed by atoms with van der Waals surface area (Å²) in [6, 6.07) is 7.86. The number of benzene rings is 1. The first-order valence-corrected chi connectivity index (χ1v) is 7.15. The standard InChI is InChI=1S/C16H11ClN4O3/c1-2-24-16(23)9-4-3-8(5-12(9)17)13-10(6-18)14(20)21-15(22)11(13)7-19/h3-5H,2H2,1H3,(H3,20,21,22). The zero-order valence-electron chi connectivity index (χ0n) is 12.5. The fourth-order valence-corrected chi connectivity index (χ4v) is 2.43. The van der Waals surface area contributed by atoms with Crippen molar-refractivity contribution in [2.24, 2.45) is 0 Å². The highest BCUT2D eigenvalue weighted by molar-refractivity contribution is 6.33. The van der Waals surface area contributed by atoms with E-state index in [2.05, 4.69) is 4.98 Å². The monoisotopic (exact) mass is 342 g/mol. The van der Waals surface area contributed by atoms with Gasteiger partial charge in [0.05, 0.1) is 17.2 Å². The van der Waals surface area contributed by atoms with Gasteiger partial charge in [0.25, 0.3) is 5.56 Å². The first-order valence-electron chi connectivity index (χ1n) is 6.77. The smallest absolute Gasteiger partial charge is 0.339 e. The molecular weight excluding hydrogens is 332 g/mol. The number of esters is 1. The summed E-state index contributed by atoms with van der Waals surface area (Å²) in [5.41, 5.74) is 5.15. The minimum Gasteiger partial charge on any atom is -0.462 e. The Hall–Kier alpha value is -3.29. The Kier molecular flexibility index (Phi) is 4.88. The van der Waals surface area contributed by atoms with Crippen LogP contribution in [0.15, 0.2) is 23.0 Å². The summed E-state index contributed by atoms with van der Waals surface area (Å²) in [6.45, 7) is 1.86. The third-order valence-corrected chi connectivity index (χ3v) is 3.53. The van der Waals surface area contributed by atoms with E-state index in [1.807, 2.05) is 6.07 Å². The van der Waals surface area contributed by atoms with Gasteiger partial charge in [-0.25, -0.2) is 4.79 Å². The number of anilines is 1.